The molecule has 33 heavy (non-hydrogen) atoms. The van der Waals surface area contributed by atoms with Crippen molar-refractivity contribution >= 4 is 38.4 Å². The molecule has 2 fully saturated rings. The number of carbonyl (C=O) groups is 1. The van der Waals surface area contributed by atoms with Gasteiger partial charge in [-0.05, 0) is 37.1 Å². The molecule has 10 heteroatoms. The van der Waals surface area contributed by atoms with Crippen LogP contribution >= 0.6 is 11.3 Å². The number of halogens is 3. The molecule has 2 aliphatic rings. The molecule has 174 valence electrons. The number of anilines is 2. The van der Waals surface area contributed by atoms with Gasteiger partial charge in [0, 0.05) is 51.4 Å². The quantitative estimate of drug-likeness (QED) is 0.566. The fourth-order valence-corrected chi connectivity index (χ4v) is 5.49. The summed E-state index contributed by atoms with van der Waals surface area (Å²) in [6.45, 7) is 3.86. The molecule has 2 saturated heterocycles. The van der Waals surface area contributed by atoms with Crippen LogP contribution in [0.25, 0.3) is 10.2 Å². The van der Waals surface area contributed by atoms with Gasteiger partial charge < -0.3 is 14.7 Å². The number of rotatable bonds is 3. The molecule has 1 aromatic carbocycles. The van der Waals surface area contributed by atoms with E-state index >= 15 is 0 Å². The lowest BCUT2D eigenvalue weighted by atomic mass is 9.95. The number of alkyl halides is 3. The van der Waals surface area contributed by atoms with Gasteiger partial charge in [-0.15, -0.1) is 0 Å². The zero-order chi connectivity index (χ0) is 23.0. The molecule has 0 bridgehead atoms. The number of hydrogen-bond donors (Lipinski definition) is 0. The van der Waals surface area contributed by atoms with Crippen LogP contribution in [0.1, 0.15) is 18.4 Å². The number of nitrogens with zero attached hydrogens (tertiary/aromatic N) is 5. The minimum Gasteiger partial charge on any atom is -0.353 e. The van der Waals surface area contributed by atoms with Crippen LogP contribution in [0.4, 0.5) is 24.1 Å². The van der Waals surface area contributed by atoms with Crippen molar-refractivity contribution in [2.75, 3.05) is 49.1 Å². The monoisotopic (exact) mass is 475 g/mol. The van der Waals surface area contributed by atoms with Crippen molar-refractivity contribution in [3.63, 3.8) is 0 Å². The molecule has 5 rings (SSSR count). The standard InChI is InChI=1S/C23H24F3N5OS/c24-23(25,26)17-5-6-20(27-15-17)29-11-13-30(14-12-29)21(32)16-7-9-31(10-8-16)22-28-18-3-1-2-4-19(18)33-22/h1-6,15-16H,7-14H2. The second kappa shape index (κ2) is 8.81. The highest BCUT2D eigenvalue weighted by Gasteiger charge is 2.33. The Morgan fingerprint density at radius 2 is 1.67 bits per heavy atom. The van der Waals surface area contributed by atoms with E-state index < -0.39 is 11.7 Å². The van der Waals surface area contributed by atoms with Gasteiger partial charge in [0.1, 0.15) is 5.82 Å². The number of para-hydroxylation sites is 1. The number of amides is 1. The van der Waals surface area contributed by atoms with Gasteiger partial charge in [-0.3, -0.25) is 4.79 Å². The number of aromatic nitrogens is 2. The highest BCUT2D eigenvalue weighted by Crippen LogP contribution is 2.32. The predicted octanol–water partition coefficient (Wildman–Crippen LogP) is 4.28. The second-order valence-corrected chi connectivity index (χ2v) is 9.45. The van der Waals surface area contributed by atoms with Crippen molar-refractivity contribution in [2.45, 2.75) is 19.0 Å². The summed E-state index contributed by atoms with van der Waals surface area (Å²) in [6, 6.07) is 10.6. The molecule has 4 heterocycles. The fourth-order valence-electron chi connectivity index (χ4n) is 4.47. The first-order chi connectivity index (χ1) is 15.9. The Labute approximate surface area is 193 Å². The molecule has 0 aliphatic carbocycles. The van der Waals surface area contributed by atoms with Crippen LogP contribution in [0.5, 0.6) is 0 Å². The summed E-state index contributed by atoms with van der Waals surface area (Å²) >= 11 is 1.69. The molecule has 1 amide bonds. The van der Waals surface area contributed by atoms with Gasteiger partial charge in [0.25, 0.3) is 0 Å². The highest BCUT2D eigenvalue weighted by atomic mass is 32.1. The summed E-state index contributed by atoms with van der Waals surface area (Å²) in [6.07, 6.45) is -1.92. The largest absolute Gasteiger partial charge is 0.417 e. The number of pyridine rings is 1. The highest BCUT2D eigenvalue weighted by molar-refractivity contribution is 7.22. The lowest BCUT2D eigenvalue weighted by Gasteiger charge is -2.39. The van der Waals surface area contributed by atoms with Crippen LogP contribution in [-0.2, 0) is 11.0 Å². The lowest BCUT2D eigenvalue weighted by molar-refractivity contribution is -0.138. The number of fused-ring (bicyclic) bond motifs is 1. The van der Waals surface area contributed by atoms with Crippen molar-refractivity contribution in [3.05, 3.63) is 48.2 Å². The van der Waals surface area contributed by atoms with E-state index in [4.69, 9.17) is 4.98 Å². The maximum absolute atomic E-state index is 13.1. The molecule has 0 N–H and O–H groups in total. The average molecular weight is 476 g/mol. The van der Waals surface area contributed by atoms with E-state index in [9.17, 15) is 18.0 Å². The first-order valence-corrected chi connectivity index (χ1v) is 11.9. The smallest absolute Gasteiger partial charge is 0.353 e. The maximum atomic E-state index is 13.1. The Balaban J connectivity index is 1.13. The molecule has 0 spiro atoms. The topological polar surface area (TPSA) is 52.6 Å². The van der Waals surface area contributed by atoms with Crippen molar-refractivity contribution in [3.8, 4) is 0 Å². The Kier molecular flexibility index (Phi) is 5.86. The number of benzene rings is 1. The molecule has 0 atom stereocenters. The van der Waals surface area contributed by atoms with Crippen molar-refractivity contribution in [2.24, 2.45) is 5.92 Å². The summed E-state index contributed by atoms with van der Waals surface area (Å²) in [4.78, 5) is 27.9. The molecule has 0 saturated carbocycles. The molecule has 3 aromatic rings. The second-order valence-electron chi connectivity index (χ2n) is 8.44. The zero-order valence-electron chi connectivity index (χ0n) is 18.0. The lowest BCUT2D eigenvalue weighted by Crippen LogP contribution is -2.52. The first-order valence-electron chi connectivity index (χ1n) is 11.1. The molecular formula is C23H24F3N5OS. The normalized spacial score (nSPS) is 18.2. The Morgan fingerprint density at radius 1 is 0.939 bits per heavy atom. The summed E-state index contributed by atoms with van der Waals surface area (Å²) in [5, 5.41) is 1.01. The van der Waals surface area contributed by atoms with Gasteiger partial charge >= 0.3 is 6.18 Å². The van der Waals surface area contributed by atoms with Gasteiger partial charge in [-0.25, -0.2) is 9.97 Å². The Morgan fingerprint density at radius 3 is 2.30 bits per heavy atom. The SMILES string of the molecule is O=C(C1CCN(c2nc3ccccc3s2)CC1)N1CCN(c2ccc(C(F)(F)F)cn2)CC1. The Hall–Kier alpha value is -2.88. The minimum absolute atomic E-state index is 0.00590. The maximum Gasteiger partial charge on any atom is 0.417 e. The third-order valence-corrected chi connectivity index (χ3v) is 7.49. The summed E-state index contributed by atoms with van der Waals surface area (Å²) < 4.78 is 39.4. The van der Waals surface area contributed by atoms with Crippen LogP contribution in [0.3, 0.4) is 0 Å². The Bertz CT molecular complexity index is 1080. The number of hydrogen-bond acceptors (Lipinski definition) is 6. The van der Waals surface area contributed by atoms with Gasteiger partial charge in [0.15, 0.2) is 5.13 Å². The van der Waals surface area contributed by atoms with Gasteiger partial charge in [0.05, 0.1) is 15.8 Å². The van der Waals surface area contributed by atoms with Crippen LogP contribution in [-0.4, -0.2) is 60.0 Å². The molecule has 2 aromatic heterocycles. The predicted molar refractivity (Wildman–Crippen MR) is 123 cm³/mol. The molecule has 0 radical (unpaired) electrons. The minimum atomic E-state index is -4.39. The van der Waals surface area contributed by atoms with Crippen LogP contribution in [0.2, 0.25) is 0 Å². The number of piperazine rings is 1. The van der Waals surface area contributed by atoms with Gasteiger partial charge in [0.2, 0.25) is 5.91 Å². The molecule has 0 unspecified atom stereocenters. The van der Waals surface area contributed by atoms with E-state index in [2.05, 4.69) is 16.0 Å². The summed E-state index contributed by atoms with van der Waals surface area (Å²) in [7, 11) is 0. The van der Waals surface area contributed by atoms with Gasteiger partial charge in [-0.2, -0.15) is 13.2 Å². The molecular weight excluding hydrogens is 451 g/mol. The van der Waals surface area contributed by atoms with Crippen LogP contribution < -0.4 is 9.80 Å². The fraction of sp³-hybridized carbons (Fsp3) is 0.435. The van der Waals surface area contributed by atoms with Crippen molar-refractivity contribution in [1.29, 1.82) is 0 Å². The van der Waals surface area contributed by atoms with E-state index in [1.165, 1.54) is 10.8 Å². The summed E-state index contributed by atoms with van der Waals surface area (Å²) in [5.41, 5.74) is 0.258. The third-order valence-electron chi connectivity index (χ3n) is 6.39. The zero-order valence-corrected chi connectivity index (χ0v) is 18.8. The number of piperidine rings is 1. The van der Waals surface area contributed by atoms with E-state index in [-0.39, 0.29) is 11.8 Å². The first kappa shape index (κ1) is 21.9. The van der Waals surface area contributed by atoms with E-state index in [0.717, 1.165) is 48.8 Å². The number of carbonyl (C=O) groups excluding carboxylic acids is 1. The average Bonchev–Trinajstić information content (AvgIpc) is 3.28. The van der Waals surface area contributed by atoms with Crippen molar-refractivity contribution < 1.29 is 18.0 Å². The summed E-state index contributed by atoms with van der Waals surface area (Å²) in [5.74, 6) is 0.699. The molecule has 6 nitrogen and oxygen atoms in total. The van der Waals surface area contributed by atoms with Crippen LogP contribution in [0.15, 0.2) is 42.6 Å². The van der Waals surface area contributed by atoms with E-state index in [1.54, 1.807) is 11.3 Å². The third kappa shape index (κ3) is 4.62. The van der Waals surface area contributed by atoms with Crippen LogP contribution in [0, 0.1) is 5.92 Å². The van der Waals surface area contributed by atoms with E-state index in [0.29, 0.717) is 32.0 Å². The van der Waals surface area contributed by atoms with Gasteiger partial charge in [-0.1, -0.05) is 23.5 Å². The van der Waals surface area contributed by atoms with Crippen molar-refractivity contribution in [1.82, 2.24) is 14.9 Å². The molecule has 2 aliphatic heterocycles. The number of thiazole rings is 1. The van der Waals surface area contributed by atoms with E-state index in [1.807, 2.05) is 28.0 Å².